The van der Waals surface area contributed by atoms with Crippen molar-refractivity contribution in [2.24, 2.45) is 0 Å². The van der Waals surface area contributed by atoms with E-state index in [2.05, 4.69) is 4.74 Å². The zero-order chi connectivity index (χ0) is 14.5. The van der Waals surface area contributed by atoms with Crippen LogP contribution in [-0.2, 0) is 21.5 Å². The van der Waals surface area contributed by atoms with E-state index in [0.717, 1.165) is 11.4 Å². The number of nitriles is 1. The molecular weight excluding hydrogens is 270 g/mol. The van der Waals surface area contributed by atoms with Crippen LogP contribution in [0.5, 0.6) is 0 Å². The Bertz CT molecular complexity index is 607. The van der Waals surface area contributed by atoms with Gasteiger partial charge in [-0.2, -0.15) is 18.0 Å². The van der Waals surface area contributed by atoms with E-state index < -0.39 is 16.3 Å². The SMILES string of the molecule is COC(=O)NS(=O)(=O)N(C)Cc1cccc(C#N)c1. The van der Waals surface area contributed by atoms with Crippen molar-refractivity contribution in [1.82, 2.24) is 9.03 Å². The summed E-state index contributed by atoms with van der Waals surface area (Å²) in [5, 5.41) is 8.75. The maximum Gasteiger partial charge on any atom is 0.421 e. The molecule has 0 aliphatic heterocycles. The summed E-state index contributed by atoms with van der Waals surface area (Å²) in [5.41, 5.74) is 1.07. The van der Waals surface area contributed by atoms with Crippen molar-refractivity contribution < 1.29 is 17.9 Å². The molecule has 102 valence electrons. The summed E-state index contributed by atoms with van der Waals surface area (Å²) >= 11 is 0. The lowest BCUT2D eigenvalue weighted by atomic mass is 10.1. The number of hydrogen-bond acceptors (Lipinski definition) is 5. The Morgan fingerprint density at radius 3 is 2.79 bits per heavy atom. The van der Waals surface area contributed by atoms with Crippen LogP contribution < -0.4 is 4.72 Å². The highest BCUT2D eigenvalue weighted by Gasteiger charge is 2.20. The van der Waals surface area contributed by atoms with Gasteiger partial charge in [-0.25, -0.2) is 9.52 Å². The molecule has 1 aromatic rings. The number of nitrogens with one attached hydrogen (secondary N) is 1. The average molecular weight is 283 g/mol. The van der Waals surface area contributed by atoms with Gasteiger partial charge in [-0.3, -0.25) is 0 Å². The summed E-state index contributed by atoms with van der Waals surface area (Å²) < 4.78 is 30.3. The monoisotopic (exact) mass is 283 g/mol. The Morgan fingerprint density at radius 2 is 2.21 bits per heavy atom. The van der Waals surface area contributed by atoms with Gasteiger partial charge in [-0.15, -0.1) is 0 Å². The summed E-state index contributed by atoms with van der Waals surface area (Å²) in [6.45, 7) is 0.0296. The molecule has 1 rings (SSSR count). The first-order valence-electron chi connectivity index (χ1n) is 5.20. The zero-order valence-electron chi connectivity index (χ0n) is 10.5. The van der Waals surface area contributed by atoms with Crippen LogP contribution in [0.15, 0.2) is 24.3 Å². The number of rotatable bonds is 4. The molecule has 0 saturated carbocycles. The minimum atomic E-state index is -3.96. The van der Waals surface area contributed by atoms with Gasteiger partial charge in [-0.1, -0.05) is 12.1 Å². The molecule has 0 aliphatic carbocycles. The quantitative estimate of drug-likeness (QED) is 0.871. The summed E-state index contributed by atoms with van der Waals surface area (Å²) in [6, 6.07) is 8.49. The lowest BCUT2D eigenvalue weighted by molar-refractivity contribution is 0.177. The molecule has 0 saturated heterocycles. The van der Waals surface area contributed by atoms with Crippen LogP contribution in [0.1, 0.15) is 11.1 Å². The fourth-order valence-electron chi connectivity index (χ4n) is 1.31. The molecule has 1 N–H and O–H groups in total. The smallest absolute Gasteiger partial charge is 0.421 e. The van der Waals surface area contributed by atoms with Crippen molar-refractivity contribution >= 4 is 16.3 Å². The topological polar surface area (TPSA) is 99.5 Å². The molecule has 0 unspecified atom stereocenters. The fourth-order valence-corrected chi connectivity index (χ4v) is 2.08. The highest BCUT2D eigenvalue weighted by atomic mass is 32.2. The summed E-state index contributed by atoms with van der Waals surface area (Å²) in [6.07, 6.45) is -1.06. The van der Waals surface area contributed by atoms with E-state index in [-0.39, 0.29) is 6.54 Å². The van der Waals surface area contributed by atoms with E-state index in [0.29, 0.717) is 11.1 Å². The maximum absolute atomic E-state index is 11.7. The molecule has 0 fully saturated rings. The van der Waals surface area contributed by atoms with Crippen molar-refractivity contribution in [3.05, 3.63) is 35.4 Å². The predicted molar refractivity (Wildman–Crippen MR) is 67.1 cm³/mol. The third kappa shape index (κ3) is 4.24. The lowest BCUT2D eigenvalue weighted by Gasteiger charge is -2.17. The van der Waals surface area contributed by atoms with E-state index in [1.165, 1.54) is 7.05 Å². The van der Waals surface area contributed by atoms with Gasteiger partial charge < -0.3 is 4.74 Å². The number of hydrogen-bond donors (Lipinski definition) is 1. The standard InChI is InChI=1S/C11H13N3O4S/c1-14(19(16,17)13-11(15)18-2)8-10-5-3-4-9(6-10)7-12/h3-6H,8H2,1-2H3,(H,13,15). The van der Waals surface area contributed by atoms with Gasteiger partial charge in [0, 0.05) is 13.6 Å². The molecule has 7 nitrogen and oxygen atoms in total. The first-order valence-corrected chi connectivity index (χ1v) is 6.64. The number of nitrogens with zero attached hydrogens (tertiary/aromatic N) is 2. The van der Waals surface area contributed by atoms with Gasteiger partial charge in [0.25, 0.3) is 0 Å². The fraction of sp³-hybridized carbons (Fsp3) is 0.273. The number of benzene rings is 1. The Balaban J connectivity index is 2.81. The molecule has 0 atom stereocenters. The third-order valence-electron chi connectivity index (χ3n) is 2.27. The summed E-state index contributed by atoms with van der Waals surface area (Å²) in [5.74, 6) is 0. The Hall–Kier alpha value is -2.11. The van der Waals surface area contributed by atoms with Crippen LogP contribution in [0.3, 0.4) is 0 Å². The largest absolute Gasteiger partial charge is 0.452 e. The van der Waals surface area contributed by atoms with E-state index in [1.807, 2.05) is 6.07 Å². The Kier molecular flexibility index (Phi) is 4.86. The number of carbonyl (C=O) groups excluding carboxylic acids is 1. The van der Waals surface area contributed by atoms with Gasteiger partial charge in [0.1, 0.15) is 0 Å². The van der Waals surface area contributed by atoms with Crippen LogP contribution in [-0.4, -0.2) is 33.0 Å². The van der Waals surface area contributed by atoms with Crippen LogP contribution in [0.25, 0.3) is 0 Å². The van der Waals surface area contributed by atoms with Gasteiger partial charge in [0.05, 0.1) is 18.7 Å². The van der Waals surface area contributed by atoms with Crippen molar-refractivity contribution in [3.63, 3.8) is 0 Å². The first kappa shape index (κ1) is 14.9. The second-order valence-corrected chi connectivity index (χ2v) is 5.44. The maximum atomic E-state index is 11.7. The molecule has 0 aromatic heterocycles. The number of methoxy groups -OCH3 is 1. The minimum Gasteiger partial charge on any atom is -0.452 e. The van der Waals surface area contributed by atoms with Crippen LogP contribution in [0.2, 0.25) is 0 Å². The Labute approximate surface area is 111 Å². The van der Waals surface area contributed by atoms with Crippen LogP contribution in [0, 0.1) is 11.3 Å². The second kappa shape index (κ2) is 6.17. The number of amides is 1. The highest BCUT2D eigenvalue weighted by molar-refractivity contribution is 7.87. The van der Waals surface area contributed by atoms with E-state index in [4.69, 9.17) is 5.26 Å². The molecule has 0 aliphatic rings. The number of carbonyl (C=O) groups is 1. The molecule has 0 spiro atoms. The third-order valence-corrected chi connectivity index (χ3v) is 3.64. The molecule has 8 heteroatoms. The van der Waals surface area contributed by atoms with Gasteiger partial charge in [-0.05, 0) is 17.7 Å². The molecule has 0 heterocycles. The van der Waals surface area contributed by atoms with Gasteiger partial charge >= 0.3 is 16.3 Å². The molecule has 0 radical (unpaired) electrons. The van der Waals surface area contributed by atoms with E-state index >= 15 is 0 Å². The predicted octanol–water partition coefficient (Wildman–Crippen LogP) is 0.591. The minimum absolute atomic E-state index is 0.0296. The number of ether oxygens (including phenoxy) is 1. The highest BCUT2D eigenvalue weighted by Crippen LogP contribution is 2.08. The van der Waals surface area contributed by atoms with Crippen LogP contribution in [0.4, 0.5) is 4.79 Å². The Morgan fingerprint density at radius 1 is 1.53 bits per heavy atom. The molecule has 19 heavy (non-hydrogen) atoms. The lowest BCUT2D eigenvalue weighted by Crippen LogP contribution is -2.41. The average Bonchev–Trinajstić information content (AvgIpc) is 2.38. The van der Waals surface area contributed by atoms with E-state index in [9.17, 15) is 13.2 Å². The molecule has 0 bridgehead atoms. The summed E-state index contributed by atoms with van der Waals surface area (Å²) in [7, 11) is -1.58. The van der Waals surface area contributed by atoms with Crippen molar-refractivity contribution in [2.45, 2.75) is 6.54 Å². The van der Waals surface area contributed by atoms with Gasteiger partial charge in [0.2, 0.25) is 0 Å². The second-order valence-electron chi connectivity index (χ2n) is 3.67. The molecular formula is C11H13N3O4S. The van der Waals surface area contributed by atoms with Crippen molar-refractivity contribution in [3.8, 4) is 6.07 Å². The molecule has 1 aromatic carbocycles. The van der Waals surface area contributed by atoms with Crippen molar-refractivity contribution in [1.29, 1.82) is 5.26 Å². The van der Waals surface area contributed by atoms with E-state index in [1.54, 1.807) is 29.0 Å². The van der Waals surface area contributed by atoms with Crippen LogP contribution >= 0.6 is 0 Å². The summed E-state index contributed by atoms with van der Waals surface area (Å²) in [4.78, 5) is 10.9. The molecule has 1 amide bonds. The normalized spacial score (nSPS) is 10.8. The van der Waals surface area contributed by atoms with Gasteiger partial charge in [0.15, 0.2) is 0 Å². The zero-order valence-corrected chi connectivity index (χ0v) is 11.3. The van der Waals surface area contributed by atoms with Crippen molar-refractivity contribution in [2.75, 3.05) is 14.2 Å². The first-order chi connectivity index (χ1) is 8.89.